The normalized spacial score (nSPS) is 16.9. The fourth-order valence-electron chi connectivity index (χ4n) is 7.32. The second kappa shape index (κ2) is 16.3. The molecular formula is C38H45N11O5. The lowest BCUT2D eigenvalue weighted by Crippen LogP contribution is -2.49. The van der Waals surface area contributed by atoms with Crippen LogP contribution in [0.1, 0.15) is 60.9 Å². The maximum absolute atomic E-state index is 12.5. The first-order valence-corrected chi connectivity index (χ1v) is 18.4. The Hall–Kier alpha value is -6.03. The number of imide groups is 1. The number of carbonyl (C=O) groups is 3. The van der Waals surface area contributed by atoms with E-state index in [9.17, 15) is 14.4 Å². The van der Waals surface area contributed by atoms with Crippen molar-refractivity contribution in [2.24, 2.45) is 5.92 Å². The number of nitrogen functional groups attached to an aromatic ring is 1. The average Bonchev–Trinajstić information content (AvgIpc) is 3.81. The number of hydrogen-bond donors (Lipinski definition) is 4. The third-order valence-electron chi connectivity index (χ3n) is 10.4. The summed E-state index contributed by atoms with van der Waals surface area (Å²) < 4.78 is 12.3. The molecule has 5 N–H and O–H groups in total. The highest BCUT2D eigenvalue weighted by Crippen LogP contribution is 2.32. The summed E-state index contributed by atoms with van der Waals surface area (Å²) >= 11 is 0. The molecule has 3 fully saturated rings. The number of piperazine rings is 1. The number of methoxy groups -OCH3 is 1. The summed E-state index contributed by atoms with van der Waals surface area (Å²) in [6.45, 7) is 5.74. The van der Waals surface area contributed by atoms with Crippen molar-refractivity contribution in [3.05, 3.63) is 66.0 Å². The van der Waals surface area contributed by atoms with Gasteiger partial charge in [0.15, 0.2) is 22.9 Å². The topological polar surface area (TPSA) is 200 Å². The molecule has 2 aromatic carbocycles. The minimum atomic E-state index is -0.445. The first-order chi connectivity index (χ1) is 26.3. The zero-order valence-corrected chi connectivity index (χ0v) is 30.3. The quantitative estimate of drug-likeness (QED) is 0.118. The Morgan fingerprint density at radius 1 is 1.09 bits per heavy atom. The summed E-state index contributed by atoms with van der Waals surface area (Å²) in [4.78, 5) is 46.7. The van der Waals surface area contributed by atoms with E-state index < -0.39 is 11.9 Å². The van der Waals surface area contributed by atoms with E-state index in [1.807, 2.05) is 12.1 Å². The van der Waals surface area contributed by atoms with Crippen LogP contribution in [0.4, 0.5) is 27.8 Å². The molecule has 0 atom stereocenters. The van der Waals surface area contributed by atoms with Gasteiger partial charge in [-0.2, -0.15) is 9.61 Å². The molecule has 0 radical (unpaired) electrons. The van der Waals surface area contributed by atoms with Gasteiger partial charge >= 0.3 is 6.03 Å². The molecule has 16 nitrogen and oxygen atoms in total. The number of urea groups is 1. The van der Waals surface area contributed by atoms with E-state index in [2.05, 4.69) is 41.7 Å². The SMILES string of the molecule is COc1cc(N)c(C=N)cc1C(=O)Nc1cnc2cccnn12.O=C1CCN(c2noc3cc(N4CCN(CCC5CCCCC5)CC4)ccc23)C(=O)N1. The van der Waals surface area contributed by atoms with Gasteiger partial charge in [-0.1, -0.05) is 37.3 Å². The summed E-state index contributed by atoms with van der Waals surface area (Å²) in [6.07, 6.45) is 12.9. The number of imidazole rings is 1. The van der Waals surface area contributed by atoms with Crippen molar-refractivity contribution in [2.45, 2.75) is 44.9 Å². The molecule has 3 aliphatic rings. The van der Waals surface area contributed by atoms with Crippen LogP contribution >= 0.6 is 0 Å². The van der Waals surface area contributed by atoms with E-state index in [-0.39, 0.29) is 17.9 Å². The van der Waals surface area contributed by atoms with Gasteiger partial charge in [0.1, 0.15) is 5.75 Å². The highest BCUT2D eigenvalue weighted by atomic mass is 16.5. The third-order valence-corrected chi connectivity index (χ3v) is 10.4. The zero-order chi connectivity index (χ0) is 37.6. The Morgan fingerprint density at radius 2 is 1.91 bits per heavy atom. The van der Waals surface area contributed by atoms with Gasteiger partial charge in [-0.05, 0) is 49.2 Å². The maximum atomic E-state index is 12.5. The maximum Gasteiger partial charge on any atom is 0.329 e. The van der Waals surface area contributed by atoms with Gasteiger partial charge in [0.2, 0.25) is 5.91 Å². The van der Waals surface area contributed by atoms with Crippen molar-refractivity contribution in [3.63, 3.8) is 0 Å². The van der Waals surface area contributed by atoms with Crippen LogP contribution in [0.15, 0.2) is 59.4 Å². The van der Waals surface area contributed by atoms with Crippen molar-refractivity contribution in [1.82, 2.24) is 30.0 Å². The summed E-state index contributed by atoms with van der Waals surface area (Å²) in [6, 6.07) is 12.2. The van der Waals surface area contributed by atoms with Crippen LogP contribution in [0.25, 0.3) is 16.6 Å². The number of ether oxygens (including phenoxy) is 1. The second-order valence-corrected chi connectivity index (χ2v) is 13.8. The number of aromatic nitrogens is 4. The van der Waals surface area contributed by atoms with Gasteiger partial charge in [-0.3, -0.25) is 24.7 Å². The van der Waals surface area contributed by atoms with E-state index in [1.165, 1.54) is 79.9 Å². The van der Waals surface area contributed by atoms with E-state index >= 15 is 0 Å². The Labute approximate surface area is 312 Å². The minimum absolute atomic E-state index is 0.255. The first kappa shape index (κ1) is 36.3. The molecule has 5 heterocycles. The van der Waals surface area contributed by atoms with Crippen LogP contribution in [-0.2, 0) is 4.79 Å². The van der Waals surface area contributed by atoms with E-state index in [4.69, 9.17) is 20.4 Å². The molecular weight excluding hydrogens is 690 g/mol. The number of nitrogens with one attached hydrogen (secondary N) is 3. The number of anilines is 4. The number of nitrogens with zero attached hydrogens (tertiary/aromatic N) is 7. The smallest absolute Gasteiger partial charge is 0.329 e. The van der Waals surface area contributed by atoms with Crippen LogP contribution in [0.5, 0.6) is 5.75 Å². The molecule has 0 bridgehead atoms. The lowest BCUT2D eigenvalue weighted by Gasteiger charge is -2.37. The summed E-state index contributed by atoms with van der Waals surface area (Å²) in [5.74, 6) is 1.51. The van der Waals surface area contributed by atoms with Gasteiger partial charge in [0.25, 0.3) is 5.91 Å². The molecule has 2 saturated heterocycles. The van der Waals surface area contributed by atoms with Crippen LogP contribution in [0.3, 0.4) is 0 Å². The lowest BCUT2D eigenvalue weighted by atomic mass is 9.87. The Balaban J connectivity index is 0.000000175. The number of carbonyl (C=O) groups excluding carboxylic acids is 3. The molecule has 8 rings (SSSR count). The van der Waals surface area contributed by atoms with E-state index in [0.29, 0.717) is 46.4 Å². The molecule has 0 unspecified atom stereocenters. The summed E-state index contributed by atoms with van der Waals surface area (Å²) in [7, 11) is 1.45. The van der Waals surface area contributed by atoms with Gasteiger partial charge in [0, 0.05) is 80.6 Å². The minimum Gasteiger partial charge on any atom is -0.496 e. The molecule has 2 aliphatic heterocycles. The third kappa shape index (κ3) is 7.97. The van der Waals surface area contributed by atoms with Gasteiger partial charge in [-0.15, -0.1) is 0 Å². The monoisotopic (exact) mass is 735 g/mol. The molecule has 0 spiro atoms. The fourth-order valence-corrected chi connectivity index (χ4v) is 7.32. The Morgan fingerprint density at radius 3 is 2.67 bits per heavy atom. The predicted octanol–water partition coefficient (Wildman–Crippen LogP) is 4.94. The zero-order valence-electron chi connectivity index (χ0n) is 30.3. The van der Waals surface area contributed by atoms with E-state index in [0.717, 1.165) is 49.4 Å². The van der Waals surface area contributed by atoms with E-state index in [1.54, 1.807) is 18.3 Å². The van der Waals surface area contributed by atoms with Gasteiger partial charge < -0.3 is 30.6 Å². The molecule has 282 valence electrons. The number of rotatable bonds is 9. The highest BCUT2D eigenvalue weighted by Gasteiger charge is 2.29. The highest BCUT2D eigenvalue weighted by molar-refractivity contribution is 6.09. The van der Waals surface area contributed by atoms with Crippen LogP contribution in [0, 0.1) is 11.3 Å². The summed E-state index contributed by atoms with van der Waals surface area (Å²) in [5.41, 5.74) is 9.28. The molecule has 4 amide bonds. The van der Waals surface area contributed by atoms with Crippen LogP contribution in [0.2, 0.25) is 0 Å². The summed E-state index contributed by atoms with van der Waals surface area (Å²) in [5, 5.41) is 21.5. The van der Waals surface area contributed by atoms with Crippen molar-refractivity contribution in [2.75, 3.05) is 67.2 Å². The van der Waals surface area contributed by atoms with Gasteiger partial charge in [-0.25, -0.2) is 9.78 Å². The van der Waals surface area contributed by atoms with Crippen molar-refractivity contribution < 1.29 is 23.6 Å². The Bertz CT molecular complexity index is 2150. The van der Waals surface area contributed by atoms with Crippen molar-refractivity contribution >= 4 is 63.7 Å². The molecule has 5 aromatic rings. The standard InChI is InChI=1S/C23H31N5O3.C15H14N6O2/c29-21-9-11-28(23(30)24-21)22-19-7-6-18(16-20(19)31-25-22)27-14-12-26(13-15-27)10-8-17-4-2-1-3-5-17;1-23-12-6-11(17)9(7-16)5-10(12)15(22)20-14-8-18-13-3-2-4-19-21(13)14/h6-7,16-17H,1-5,8-15H2,(H,24,29,30);2-8,16H,17H2,1H3,(H,20,22). The molecule has 16 heteroatoms. The predicted molar refractivity (Wildman–Crippen MR) is 206 cm³/mol. The Kier molecular flexibility index (Phi) is 11.0. The van der Waals surface area contributed by atoms with Crippen LogP contribution in [-0.4, -0.2) is 95.1 Å². The van der Waals surface area contributed by atoms with Crippen molar-refractivity contribution in [3.8, 4) is 5.75 Å². The van der Waals surface area contributed by atoms with Gasteiger partial charge in [0.05, 0.1) is 24.3 Å². The fraction of sp³-hybridized carbons (Fsp3) is 0.395. The van der Waals surface area contributed by atoms with Crippen molar-refractivity contribution in [1.29, 1.82) is 5.41 Å². The number of hydrogen-bond acceptors (Lipinski definition) is 12. The number of fused-ring (bicyclic) bond motifs is 2. The molecule has 3 aromatic heterocycles. The number of nitrogens with two attached hydrogens (primary N) is 1. The lowest BCUT2D eigenvalue weighted by molar-refractivity contribution is -0.120. The largest absolute Gasteiger partial charge is 0.496 e. The first-order valence-electron chi connectivity index (χ1n) is 18.4. The second-order valence-electron chi connectivity index (χ2n) is 13.8. The van der Waals surface area contributed by atoms with Crippen LogP contribution < -0.4 is 30.9 Å². The molecule has 1 saturated carbocycles. The molecule has 54 heavy (non-hydrogen) atoms. The molecule has 1 aliphatic carbocycles. The average molecular weight is 736 g/mol. The number of amides is 4. The number of benzene rings is 2.